The Kier molecular flexibility index (Phi) is 5.09. The monoisotopic (exact) mass is 404 g/mol. The Labute approximate surface area is 175 Å². The highest BCUT2D eigenvalue weighted by atomic mass is 19.1. The van der Waals surface area contributed by atoms with E-state index in [0.717, 1.165) is 42.8 Å². The van der Waals surface area contributed by atoms with Crippen molar-refractivity contribution in [3.63, 3.8) is 0 Å². The van der Waals surface area contributed by atoms with Crippen LogP contribution in [0.2, 0.25) is 0 Å². The molecule has 5 rings (SSSR count). The van der Waals surface area contributed by atoms with Crippen LogP contribution in [0.15, 0.2) is 54.6 Å². The second-order valence-electron chi connectivity index (χ2n) is 8.06. The van der Waals surface area contributed by atoms with E-state index in [4.69, 9.17) is 5.10 Å². The first-order valence-electron chi connectivity index (χ1n) is 10.6. The maximum absolute atomic E-state index is 13.4. The molecule has 5 nitrogen and oxygen atoms in total. The summed E-state index contributed by atoms with van der Waals surface area (Å²) in [6, 6.07) is 16.8. The molecule has 2 aromatic carbocycles. The van der Waals surface area contributed by atoms with Crippen LogP contribution in [0.5, 0.6) is 0 Å². The van der Waals surface area contributed by atoms with Gasteiger partial charge in [-0.2, -0.15) is 5.10 Å². The molecule has 1 aromatic heterocycles. The van der Waals surface area contributed by atoms with Crippen LogP contribution < -0.4 is 5.32 Å². The van der Waals surface area contributed by atoms with Crippen molar-refractivity contribution in [1.82, 2.24) is 20.0 Å². The van der Waals surface area contributed by atoms with E-state index in [0.29, 0.717) is 19.5 Å². The van der Waals surface area contributed by atoms with Crippen molar-refractivity contribution >= 4 is 5.91 Å². The van der Waals surface area contributed by atoms with Crippen molar-refractivity contribution in [3.05, 3.63) is 82.9 Å². The first-order valence-corrected chi connectivity index (χ1v) is 10.6. The lowest BCUT2D eigenvalue weighted by Gasteiger charge is -2.29. The number of benzene rings is 2. The van der Waals surface area contributed by atoms with Gasteiger partial charge in [-0.05, 0) is 54.7 Å². The van der Waals surface area contributed by atoms with Gasteiger partial charge in [-0.3, -0.25) is 9.69 Å². The third-order valence-corrected chi connectivity index (χ3v) is 6.16. The fourth-order valence-electron chi connectivity index (χ4n) is 4.69. The van der Waals surface area contributed by atoms with Gasteiger partial charge in [0.25, 0.3) is 0 Å². The van der Waals surface area contributed by atoms with Crippen molar-refractivity contribution in [2.75, 3.05) is 13.1 Å². The molecular weight excluding hydrogens is 379 g/mol. The molecule has 1 aliphatic heterocycles. The Morgan fingerprint density at radius 3 is 2.67 bits per heavy atom. The van der Waals surface area contributed by atoms with E-state index in [2.05, 4.69) is 22.3 Å². The lowest BCUT2D eigenvalue weighted by Crippen LogP contribution is -2.31. The van der Waals surface area contributed by atoms with Gasteiger partial charge in [0.2, 0.25) is 5.91 Å². The molecule has 154 valence electrons. The van der Waals surface area contributed by atoms with Gasteiger partial charge in [0, 0.05) is 37.8 Å². The smallest absolute Gasteiger partial charge is 0.221 e. The quantitative estimate of drug-likeness (QED) is 0.723. The molecule has 30 heavy (non-hydrogen) atoms. The van der Waals surface area contributed by atoms with E-state index in [-0.39, 0.29) is 17.8 Å². The number of aromatic nitrogens is 2. The zero-order valence-corrected chi connectivity index (χ0v) is 16.9. The molecule has 0 saturated carbocycles. The molecule has 0 spiro atoms. The summed E-state index contributed by atoms with van der Waals surface area (Å²) in [5, 5.41) is 7.96. The molecule has 1 saturated heterocycles. The van der Waals surface area contributed by atoms with Gasteiger partial charge in [0.1, 0.15) is 5.82 Å². The average molecular weight is 404 g/mol. The van der Waals surface area contributed by atoms with Gasteiger partial charge in [-0.25, -0.2) is 9.07 Å². The average Bonchev–Trinajstić information content (AvgIpc) is 3.31. The van der Waals surface area contributed by atoms with Crippen LogP contribution in [0.25, 0.3) is 5.69 Å². The number of halogens is 1. The molecule has 1 unspecified atom stereocenters. The summed E-state index contributed by atoms with van der Waals surface area (Å²) in [6.45, 7) is 2.12. The molecule has 2 aliphatic rings. The largest absolute Gasteiger partial charge is 0.355 e. The van der Waals surface area contributed by atoms with Crippen LogP contribution in [-0.2, 0) is 24.2 Å². The summed E-state index contributed by atoms with van der Waals surface area (Å²) in [7, 11) is 0. The molecule has 1 N–H and O–H groups in total. The third kappa shape index (κ3) is 3.63. The molecule has 1 aliphatic carbocycles. The molecule has 1 fully saturated rings. The lowest BCUT2D eigenvalue weighted by atomic mass is 10.0. The van der Waals surface area contributed by atoms with E-state index < -0.39 is 0 Å². The fraction of sp³-hybridized carbons (Fsp3) is 0.333. The number of nitrogens with zero attached hydrogens (tertiary/aromatic N) is 3. The Balaban J connectivity index is 1.49. The number of carbonyl (C=O) groups is 1. The minimum atomic E-state index is -0.241. The Morgan fingerprint density at radius 2 is 1.87 bits per heavy atom. The molecular formula is C24H25FN4O. The second-order valence-corrected chi connectivity index (χ2v) is 8.06. The number of carbonyl (C=O) groups excluding carboxylic acids is 1. The van der Waals surface area contributed by atoms with Gasteiger partial charge >= 0.3 is 0 Å². The number of nitrogens with one attached hydrogen (secondary N) is 1. The number of fused-ring (bicyclic) bond motifs is 1. The number of rotatable bonds is 4. The molecule has 1 amide bonds. The first kappa shape index (κ1) is 19.0. The minimum Gasteiger partial charge on any atom is -0.355 e. The molecule has 6 heteroatoms. The lowest BCUT2D eigenvalue weighted by molar-refractivity contribution is -0.121. The van der Waals surface area contributed by atoms with Crippen LogP contribution in [0.3, 0.4) is 0 Å². The van der Waals surface area contributed by atoms with Crippen LogP contribution in [0.1, 0.15) is 41.4 Å². The van der Waals surface area contributed by atoms with Gasteiger partial charge in [0.05, 0.1) is 11.4 Å². The maximum atomic E-state index is 13.4. The van der Waals surface area contributed by atoms with Crippen molar-refractivity contribution in [1.29, 1.82) is 0 Å². The topological polar surface area (TPSA) is 50.2 Å². The number of hydrogen-bond acceptors (Lipinski definition) is 3. The Bertz CT molecular complexity index is 1050. The summed E-state index contributed by atoms with van der Waals surface area (Å²) in [5.74, 6) is -0.149. The zero-order valence-electron chi connectivity index (χ0n) is 16.9. The summed E-state index contributed by atoms with van der Waals surface area (Å²) < 4.78 is 15.4. The normalized spacial score (nSPS) is 19.4. The molecule has 3 aromatic rings. The van der Waals surface area contributed by atoms with Crippen molar-refractivity contribution in [2.24, 2.45) is 0 Å². The molecule has 0 radical (unpaired) electrons. The van der Waals surface area contributed by atoms with E-state index in [9.17, 15) is 9.18 Å². The van der Waals surface area contributed by atoms with E-state index >= 15 is 0 Å². The van der Waals surface area contributed by atoms with Gasteiger partial charge < -0.3 is 5.32 Å². The standard InChI is InChI=1S/C24H25FN4O/c25-18-9-11-19(12-10-18)29-22-8-4-7-20(22)21(27-29)16-28-14-13-26-24(30)15-23(28)17-5-2-1-3-6-17/h1-3,5-6,9-12,23H,4,7-8,13-16H2,(H,26,30). The van der Waals surface area contributed by atoms with Gasteiger partial charge in [-0.15, -0.1) is 0 Å². The van der Waals surface area contributed by atoms with Crippen LogP contribution >= 0.6 is 0 Å². The summed E-state index contributed by atoms with van der Waals surface area (Å²) in [4.78, 5) is 14.6. The second kappa shape index (κ2) is 8.03. The zero-order chi connectivity index (χ0) is 20.5. The van der Waals surface area contributed by atoms with Crippen LogP contribution in [0.4, 0.5) is 4.39 Å². The van der Waals surface area contributed by atoms with E-state index in [1.165, 1.54) is 23.4 Å². The van der Waals surface area contributed by atoms with E-state index in [1.54, 1.807) is 12.1 Å². The fourth-order valence-corrected chi connectivity index (χ4v) is 4.69. The maximum Gasteiger partial charge on any atom is 0.221 e. The SMILES string of the molecule is O=C1CC(c2ccccc2)N(Cc2nn(-c3ccc(F)cc3)c3c2CCC3)CCN1. The van der Waals surface area contributed by atoms with Crippen LogP contribution in [-0.4, -0.2) is 33.7 Å². The third-order valence-electron chi connectivity index (χ3n) is 6.16. The number of amides is 1. The van der Waals surface area contributed by atoms with Crippen molar-refractivity contribution in [3.8, 4) is 5.69 Å². The Morgan fingerprint density at radius 1 is 1.07 bits per heavy atom. The number of hydrogen-bond donors (Lipinski definition) is 1. The predicted octanol–water partition coefficient (Wildman–Crippen LogP) is 3.56. The van der Waals surface area contributed by atoms with Crippen molar-refractivity contribution < 1.29 is 9.18 Å². The summed E-state index contributed by atoms with van der Waals surface area (Å²) in [6.07, 6.45) is 3.57. The van der Waals surface area contributed by atoms with E-state index in [1.807, 2.05) is 22.9 Å². The highest BCUT2D eigenvalue weighted by Crippen LogP contribution is 2.32. The van der Waals surface area contributed by atoms with Crippen LogP contribution in [0, 0.1) is 5.82 Å². The summed E-state index contributed by atoms with van der Waals surface area (Å²) >= 11 is 0. The summed E-state index contributed by atoms with van der Waals surface area (Å²) in [5.41, 5.74) is 5.67. The highest BCUT2D eigenvalue weighted by Gasteiger charge is 2.30. The molecule has 0 bridgehead atoms. The molecule has 1 atom stereocenters. The highest BCUT2D eigenvalue weighted by molar-refractivity contribution is 5.77. The van der Waals surface area contributed by atoms with Gasteiger partial charge in [0.15, 0.2) is 0 Å². The minimum absolute atomic E-state index is 0.0294. The van der Waals surface area contributed by atoms with Crippen molar-refractivity contribution in [2.45, 2.75) is 38.3 Å². The van der Waals surface area contributed by atoms with Gasteiger partial charge in [-0.1, -0.05) is 30.3 Å². The first-order chi connectivity index (χ1) is 14.7. The molecule has 2 heterocycles. The Hall–Kier alpha value is -2.99. The predicted molar refractivity (Wildman–Crippen MR) is 113 cm³/mol.